The lowest BCUT2D eigenvalue weighted by atomic mass is 9.87. The molecule has 0 N–H and O–H groups in total. The van der Waals surface area contributed by atoms with Gasteiger partial charge in [-0.05, 0) is 53.7 Å². The molecule has 0 fully saturated rings. The molecule has 2 aromatic rings. The fourth-order valence-electron chi connectivity index (χ4n) is 3.34. The van der Waals surface area contributed by atoms with E-state index in [0.717, 1.165) is 5.57 Å². The lowest BCUT2D eigenvalue weighted by Crippen LogP contribution is -2.52. The number of rotatable bonds is 4. The fourth-order valence-corrected chi connectivity index (χ4v) is 3.34. The molecule has 1 aromatic carbocycles. The van der Waals surface area contributed by atoms with E-state index in [1.54, 1.807) is 65.8 Å². The first kappa shape index (κ1) is 22.3. The van der Waals surface area contributed by atoms with E-state index in [-0.39, 0.29) is 0 Å². The molecule has 0 spiro atoms. The molecule has 1 aliphatic rings. The van der Waals surface area contributed by atoms with Gasteiger partial charge in [-0.3, -0.25) is 0 Å². The van der Waals surface area contributed by atoms with Gasteiger partial charge in [-0.15, -0.1) is 0 Å². The highest BCUT2D eigenvalue weighted by Crippen LogP contribution is 2.45. The predicted molar refractivity (Wildman–Crippen MR) is 115 cm³/mol. The Kier molecular flexibility index (Phi) is 6.06. The Labute approximate surface area is 180 Å². The quantitative estimate of drug-likeness (QED) is 0.407. The molecule has 164 valence electrons. The van der Waals surface area contributed by atoms with E-state index in [2.05, 4.69) is 0 Å². The summed E-state index contributed by atoms with van der Waals surface area (Å²) in [5.41, 5.74) is 0.550. The topological polar surface area (TPSA) is 92.0 Å². The van der Waals surface area contributed by atoms with Crippen LogP contribution in [-0.2, 0) is 19.1 Å². The maximum absolute atomic E-state index is 12.6. The monoisotopic (exact) mass is 426 g/mol. The Hall–Kier alpha value is -3.35. The Bertz CT molecular complexity index is 1150. The van der Waals surface area contributed by atoms with Crippen LogP contribution in [0.3, 0.4) is 0 Å². The molecular formula is C24H26O7. The third-order valence-electron chi connectivity index (χ3n) is 5.03. The first-order chi connectivity index (χ1) is 14.5. The predicted octanol–water partition coefficient (Wildman–Crippen LogP) is 4.39. The number of benzene rings is 1. The second-order valence-corrected chi connectivity index (χ2v) is 8.26. The van der Waals surface area contributed by atoms with Crippen LogP contribution in [0, 0.1) is 0 Å². The minimum Gasteiger partial charge on any atom is -0.483 e. The van der Waals surface area contributed by atoms with Crippen LogP contribution < -0.4 is 10.4 Å². The summed E-state index contributed by atoms with van der Waals surface area (Å²) in [5.74, 6) is -0.697. The van der Waals surface area contributed by atoms with E-state index in [9.17, 15) is 14.4 Å². The maximum Gasteiger partial charge on any atom is 0.336 e. The Balaban J connectivity index is 2.15. The molecule has 0 radical (unpaired) electrons. The molecule has 2 atom stereocenters. The second-order valence-electron chi connectivity index (χ2n) is 8.26. The number of hydrogen-bond acceptors (Lipinski definition) is 7. The average molecular weight is 426 g/mol. The standard InChI is InChI=1S/C24H26O7/c1-7-14(4)23(27)30-21-16-11-15-8-9-19(25)28-17(15)12-18(16)31-24(5,6)22(21)29-20(26)10-13(2)3/h7-12,21-22H,1-6H3/t21-,22-/m0/s1. The van der Waals surface area contributed by atoms with Crippen LogP contribution >= 0.6 is 0 Å². The Morgan fingerprint density at radius 1 is 1.10 bits per heavy atom. The first-order valence-corrected chi connectivity index (χ1v) is 9.98. The van der Waals surface area contributed by atoms with E-state index in [4.69, 9.17) is 18.6 Å². The molecule has 0 bridgehead atoms. The molecular weight excluding hydrogens is 400 g/mol. The van der Waals surface area contributed by atoms with Crippen molar-refractivity contribution in [2.75, 3.05) is 0 Å². The summed E-state index contributed by atoms with van der Waals surface area (Å²) >= 11 is 0. The molecule has 1 aromatic heterocycles. The van der Waals surface area contributed by atoms with Gasteiger partial charge in [0, 0.05) is 34.7 Å². The van der Waals surface area contributed by atoms with Gasteiger partial charge in [-0.2, -0.15) is 0 Å². The summed E-state index contributed by atoms with van der Waals surface area (Å²) in [7, 11) is 0. The molecule has 0 saturated carbocycles. The summed E-state index contributed by atoms with van der Waals surface area (Å²) in [6.45, 7) is 10.4. The van der Waals surface area contributed by atoms with Crippen molar-refractivity contribution < 1.29 is 28.2 Å². The molecule has 0 amide bonds. The van der Waals surface area contributed by atoms with E-state index in [1.165, 1.54) is 12.1 Å². The number of hydrogen-bond donors (Lipinski definition) is 0. The van der Waals surface area contributed by atoms with Crippen molar-refractivity contribution in [1.82, 2.24) is 0 Å². The Morgan fingerprint density at radius 2 is 1.81 bits per heavy atom. The molecule has 7 heteroatoms. The maximum atomic E-state index is 12.6. The van der Waals surface area contributed by atoms with Gasteiger partial charge >= 0.3 is 17.6 Å². The number of allylic oxidation sites excluding steroid dienone is 2. The number of carbonyl (C=O) groups excluding carboxylic acids is 2. The zero-order valence-corrected chi connectivity index (χ0v) is 18.5. The molecule has 3 rings (SSSR count). The number of esters is 2. The first-order valence-electron chi connectivity index (χ1n) is 9.98. The molecule has 2 heterocycles. The van der Waals surface area contributed by atoms with Crippen LogP contribution in [0.15, 0.2) is 56.8 Å². The van der Waals surface area contributed by atoms with Crippen LogP contribution in [-0.4, -0.2) is 23.6 Å². The van der Waals surface area contributed by atoms with Gasteiger partial charge in [0.25, 0.3) is 0 Å². The van der Waals surface area contributed by atoms with Crippen molar-refractivity contribution >= 4 is 22.9 Å². The smallest absolute Gasteiger partial charge is 0.336 e. The summed E-state index contributed by atoms with van der Waals surface area (Å²) in [4.78, 5) is 36.7. The van der Waals surface area contributed by atoms with Crippen molar-refractivity contribution in [1.29, 1.82) is 0 Å². The van der Waals surface area contributed by atoms with Crippen LogP contribution in [0.4, 0.5) is 0 Å². The lowest BCUT2D eigenvalue weighted by Gasteiger charge is -2.43. The van der Waals surface area contributed by atoms with Crippen LogP contribution in [0.25, 0.3) is 11.0 Å². The van der Waals surface area contributed by atoms with Crippen molar-refractivity contribution in [3.05, 3.63) is 63.5 Å². The van der Waals surface area contributed by atoms with Gasteiger partial charge in [0.2, 0.25) is 0 Å². The number of fused-ring (bicyclic) bond motifs is 2. The zero-order chi connectivity index (χ0) is 22.9. The van der Waals surface area contributed by atoms with E-state index >= 15 is 0 Å². The van der Waals surface area contributed by atoms with Crippen molar-refractivity contribution in [2.24, 2.45) is 0 Å². The third kappa shape index (κ3) is 4.71. The Morgan fingerprint density at radius 3 is 2.45 bits per heavy atom. The molecule has 7 nitrogen and oxygen atoms in total. The van der Waals surface area contributed by atoms with E-state index < -0.39 is 35.4 Å². The summed E-state index contributed by atoms with van der Waals surface area (Å²) < 4.78 is 22.9. The van der Waals surface area contributed by atoms with Crippen molar-refractivity contribution in [3.63, 3.8) is 0 Å². The average Bonchev–Trinajstić information content (AvgIpc) is 2.67. The zero-order valence-electron chi connectivity index (χ0n) is 18.5. The van der Waals surface area contributed by atoms with Crippen molar-refractivity contribution in [2.45, 2.75) is 59.4 Å². The van der Waals surface area contributed by atoms with Crippen LogP contribution in [0.1, 0.15) is 53.2 Å². The van der Waals surface area contributed by atoms with Gasteiger partial charge in [-0.25, -0.2) is 14.4 Å². The molecule has 0 saturated heterocycles. The molecule has 0 unspecified atom stereocenters. The van der Waals surface area contributed by atoms with Crippen LogP contribution in [0.5, 0.6) is 5.75 Å². The van der Waals surface area contributed by atoms with Gasteiger partial charge < -0.3 is 18.6 Å². The van der Waals surface area contributed by atoms with Crippen LogP contribution in [0.2, 0.25) is 0 Å². The van der Waals surface area contributed by atoms with Gasteiger partial charge in [0.15, 0.2) is 12.2 Å². The number of carbonyl (C=O) groups is 2. The normalized spacial score (nSPS) is 19.7. The molecule has 31 heavy (non-hydrogen) atoms. The highest BCUT2D eigenvalue weighted by Gasteiger charge is 2.49. The van der Waals surface area contributed by atoms with E-state index in [1.807, 2.05) is 0 Å². The summed E-state index contributed by atoms with van der Waals surface area (Å²) in [6.07, 6.45) is 1.18. The minimum absolute atomic E-state index is 0.344. The summed E-state index contributed by atoms with van der Waals surface area (Å²) in [6, 6.07) is 6.22. The van der Waals surface area contributed by atoms with Gasteiger partial charge in [0.05, 0.1) is 0 Å². The molecule has 0 aliphatic carbocycles. The second kappa shape index (κ2) is 8.41. The highest BCUT2D eigenvalue weighted by atomic mass is 16.6. The van der Waals surface area contributed by atoms with Gasteiger partial charge in [-0.1, -0.05) is 11.6 Å². The third-order valence-corrected chi connectivity index (χ3v) is 5.03. The molecule has 1 aliphatic heterocycles. The highest BCUT2D eigenvalue weighted by molar-refractivity contribution is 5.88. The van der Waals surface area contributed by atoms with Gasteiger partial charge in [0.1, 0.15) is 16.9 Å². The fraction of sp³-hybridized carbons (Fsp3) is 0.375. The number of ether oxygens (including phenoxy) is 3. The lowest BCUT2D eigenvalue weighted by molar-refractivity contribution is -0.185. The van der Waals surface area contributed by atoms with Crippen molar-refractivity contribution in [3.8, 4) is 5.75 Å². The largest absolute Gasteiger partial charge is 0.483 e. The SMILES string of the molecule is CC=C(C)C(=O)O[C@H]1c2cc3ccc(=O)oc3cc2OC(C)(C)[C@H]1OC(=O)C=C(C)C. The minimum atomic E-state index is -1.03. The van der Waals surface area contributed by atoms with E-state index in [0.29, 0.717) is 27.9 Å². The summed E-state index contributed by atoms with van der Waals surface area (Å²) in [5, 5.41) is 0.625.